The van der Waals surface area contributed by atoms with Crippen molar-refractivity contribution in [1.82, 2.24) is 4.98 Å². The number of amides is 1. The zero-order valence-electron chi connectivity index (χ0n) is 13.5. The van der Waals surface area contributed by atoms with Gasteiger partial charge in [-0.05, 0) is 31.2 Å². The highest BCUT2D eigenvalue weighted by Gasteiger charge is 2.17. The predicted octanol–water partition coefficient (Wildman–Crippen LogP) is 3.65. The van der Waals surface area contributed by atoms with Crippen LogP contribution in [0, 0.1) is 0 Å². The Labute approximate surface area is 140 Å². The second-order valence-corrected chi connectivity index (χ2v) is 5.31. The number of carbonyl (C=O) groups is 1. The SMILES string of the molecule is COc1cc(NC(=O)C(C)Oc2ccccc2)c2ncccc2c1. The van der Waals surface area contributed by atoms with E-state index >= 15 is 0 Å². The lowest BCUT2D eigenvalue weighted by Gasteiger charge is -2.16. The largest absolute Gasteiger partial charge is 0.497 e. The van der Waals surface area contributed by atoms with Gasteiger partial charge in [-0.3, -0.25) is 9.78 Å². The summed E-state index contributed by atoms with van der Waals surface area (Å²) < 4.78 is 10.9. The van der Waals surface area contributed by atoms with Crippen LogP contribution in [0.25, 0.3) is 10.9 Å². The van der Waals surface area contributed by atoms with E-state index in [1.54, 1.807) is 26.3 Å². The summed E-state index contributed by atoms with van der Waals surface area (Å²) in [6, 6.07) is 16.6. The van der Waals surface area contributed by atoms with E-state index in [9.17, 15) is 4.79 Å². The van der Waals surface area contributed by atoms with Gasteiger partial charge in [0.05, 0.1) is 18.3 Å². The van der Waals surface area contributed by atoms with Crippen molar-refractivity contribution >= 4 is 22.5 Å². The Kier molecular flexibility index (Phi) is 4.61. The fourth-order valence-corrected chi connectivity index (χ4v) is 2.37. The Morgan fingerprint density at radius 3 is 2.62 bits per heavy atom. The number of hydrogen-bond donors (Lipinski definition) is 1. The zero-order valence-corrected chi connectivity index (χ0v) is 13.5. The molecule has 1 amide bonds. The average Bonchev–Trinajstić information content (AvgIpc) is 2.62. The van der Waals surface area contributed by atoms with Gasteiger partial charge < -0.3 is 14.8 Å². The highest BCUT2D eigenvalue weighted by molar-refractivity contribution is 6.02. The molecule has 5 heteroatoms. The van der Waals surface area contributed by atoms with Crippen LogP contribution in [-0.4, -0.2) is 24.1 Å². The number of fused-ring (bicyclic) bond motifs is 1. The lowest BCUT2D eigenvalue weighted by molar-refractivity contribution is -0.122. The van der Waals surface area contributed by atoms with Crippen LogP contribution < -0.4 is 14.8 Å². The summed E-state index contributed by atoms with van der Waals surface area (Å²) in [5.74, 6) is 1.05. The highest BCUT2D eigenvalue weighted by atomic mass is 16.5. The van der Waals surface area contributed by atoms with E-state index in [4.69, 9.17) is 9.47 Å². The van der Waals surface area contributed by atoms with E-state index < -0.39 is 6.10 Å². The molecule has 24 heavy (non-hydrogen) atoms. The fraction of sp³-hybridized carbons (Fsp3) is 0.158. The number of nitrogens with zero attached hydrogens (tertiary/aromatic N) is 1. The molecule has 2 aromatic carbocycles. The topological polar surface area (TPSA) is 60.5 Å². The fourth-order valence-electron chi connectivity index (χ4n) is 2.37. The monoisotopic (exact) mass is 322 g/mol. The maximum absolute atomic E-state index is 12.5. The van der Waals surface area contributed by atoms with Gasteiger partial charge in [-0.2, -0.15) is 0 Å². The van der Waals surface area contributed by atoms with Gasteiger partial charge in [-0.1, -0.05) is 24.3 Å². The van der Waals surface area contributed by atoms with Gasteiger partial charge in [-0.25, -0.2) is 0 Å². The minimum absolute atomic E-state index is 0.251. The predicted molar refractivity (Wildman–Crippen MR) is 93.5 cm³/mol. The number of ether oxygens (including phenoxy) is 2. The average molecular weight is 322 g/mol. The molecule has 0 aliphatic heterocycles. The molecule has 0 fully saturated rings. The van der Waals surface area contributed by atoms with Crippen molar-refractivity contribution in [1.29, 1.82) is 0 Å². The number of hydrogen-bond acceptors (Lipinski definition) is 4. The number of pyridine rings is 1. The summed E-state index contributed by atoms with van der Waals surface area (Å²) >= 11 is 0. The molecule has 1 atom stereocenters. The quantitative estimate of drug-likeness (QED) is 0.779. The molecule has 0 saturated heterocycles. The summed E-state index contributed by atoms with van der Waals surface area (Å²) in [4.78, 5) is 16.8. The molecule has 1 aromatic heterocycles. The van der Waals surface area contributed by atoms with Crippen LogP contribution in [0.4, 0.5) is 5.69 Å². The number of methoxy groups -OCH3 is 1. The van der Waals surface area contributed by atoms with Crippen LogP contribution in [-0.2, 0) is 4.79 Å². The molecular formula is C19H18N2O3. The Bertz CT molecular complexity index is 850. The van der Waals surface area contributed by atoms with E-state index in [0.717, 1.165) is 5.39 Å². The molecule has 122 valence electrons. The molecular weight excluding hydrogens is 304 g/mol. The van der Waals surface area contributed by atoms with Crippen LogP contribution in [0.1, 0.15) is 6.92 Å². The maximum Gasteiger partial charge on any atom is 0.265 e. The van der Waals surface area contributed by atoms with Crippen molar-refractivity contribution in [3.63, 3.8) is 0 Å². The van der Waals surface area contributed by atoms with Crippen molar-refractivity contribution in [3.05, 3.63) is 60.8 Å². The van der Waals surface area contributed by atoms with Crippen LogP contribution in [0.5, 0.6) is 11.5 Å². The molecule has 3 rings (SSSR count). The Hall–Kier alpha value is -3.08. The number of carbonyl (C=O) groups excluding carboxylic acids is 1. The molecule has 0 spiro atoms. The van der Waals surface area contributed by atoms with E-state index in [2.05, 4.69) is 10.3 Å². The van der Waals surface area contributed by atoms with E-state index in [1.165, 1.54) is 0 Å². The van der Waals surface area contributed by atoms with Gasteiger partial charge in [0.1, 0.15) is 11.5 Å². The Morgan fingerprint density at radius 2 is 1.88 bits per heavy atom. The first-order valence-electron chi connectivity index (χ1n) is 7.62. The van der Waals surface area contributed by atoms with Gasteiger partial charge in [0.2, 0.25) is 0 Å². The standard InChI is InChI=1S/C19H18N2O3/c1-13(24-15-8-4-3-5-9-15)19(22)21-17-12-16(23-2)11-14-7-6-10-20-18(14)17/h3-13H,1-2H3,(H,21,22). The van der Waals surface area contributed by atoms with Crippen molar-refractivity contribution < 1.29 is 14.3 Å². The van der Waals surface area contributed by atoms with Crippen molar-refractivity contribution in [2.24, 2.45) is 0 Å². The van der Waals surface area contributed by atoms with Crippen LogP contribution in [0.3, 0.4) is 0 Å². The van der Waals surface area contributed by atoms with E-state index in [0.29, 0.717) is 22.7 Å². The van der Waals surface area contributed by atoms with Gasteiger partial charge >= 0.3 is 0 Å². The molecule has 0 aliphatic rings. The molecule has 1 unspecified atom stereocenters. The molecule has 0 aliphatic carbocycles. The summed E-state index contributed by atoms with van der Waals surface area (Å²) in [6.45, 7) is 1.71. The first kappa shape index (κ1) is 15.8. The number of nitrogens with one attached hydrogen (secondary N) is 1. The summed E-state index contributed by atoms with van der Waals surface area (Å²) in [5, 5.41) is 3.77. The zero-order chi connectivity index (χ0) is 16.9. The van der Waals surface area contributed by atoms with Crippen LogP contribution in [0.2, 0.25) is 0 Å². The lowest BCUT2D eigenvalue weighted by atomic mass is 10.1. The molecule has 0 saturated carbocycles. The third-order valence-corrected chi connectivity index (χ3v) is 3.60. The second-order valence-electron chi connectivity index (χ2n) is 5.31. The third-order valence-electron chi connectivity index (χ3n) is 3.60. The van der Waals surface area contributed by atoms with Crippen LogP contribution in [0.15, 0.2) is 60.8 Å². The second kappa shape index (κ2) is 7.00. The van der Waals surface area contributed by atoms with Gasteiger partial charge in [-0.15, -0.1) is 0 Å². The number of anilines is 1. The summed E-state index contributed by atoms with van der Waals surface area (Å²) in [5.41, 5.74) is 1.30. The van der Waals surface area contributed by atoms with Crippen molar-refractivity contribution in [3.8, 4) is 11.5 Å². The van der Waals surface area contributed by atoms with Gasteiger partial charge in [0.25, 0.3) is 5.91 Å². The highest BCUT2D eigenvalue weighted by Crippen LogP contribution is 2.28. The number of rotatable bonds is 5. The number of benzene rings is 2. The van der Waals surface area contributed by atoms with Crippen molar-refractivity contribution in [2.75, 3.05) is 12.4 Å². The summed E-state index contributed by atoms with van der Waals surface area (Å²) in [6.07, 6.45) is 1.05. The molecule has 5 nitrogen and oxygen atoms in total. The molecule has 3 aromatic rings. The number of aromatic nitrogens is 1. The molecule has 1 heterocycles. The van der Waals surface area contributed by atoms with Crippen molar-refractivity contribution in [2.45, 2.75) is 13.0 Å². The first-order valence-corrected chi connectivity index (χ1v) is 7.62. The smallest absolute Gasteiger partial charge is 0.265 e. The normalized spacial score (nSPS) is 11.8. The Morgan fingerprint density at radius 1 is 1.08 bits per heavy atom. The van der Waals surface area contributed by atoms with E-state index in [1.807, 2.05) is 48.5 Å². The lowest BCUT2D eigenvalue weighted by Crippen LogP contribution is -2.30. The summed E-state index contributed by atoms with van der Waals surface area (Å²) in [7, 11) is 1.59. The maximum atomic E-state index is 12.5. The number of para-hydroxylation sites is 1. The van der Waals surface area contributed by atoms with Gasteiger partial charge in [0.15, 0.2) is 6.10 Å². The Balaban J connectivity index is 1.82. The van der Waals surface area contributed by atoms with Gasteiger partial charge in [0, 0.05) is 17.6 Å². The molecule has 1 N–H and O–H groups in total. The third kappa shape index (κ3) is 3.46. The van der Waals surface area contributed by atoms with E-state index in [-0.39, 0.29) is 5.91 Å². The molecule has 0 radical (unpaired) electrons. The first-order chi connectivity index (χ1) is 11.7. The minimum Gasteiger partial charge on any atom is -0.497 e. The minimum atomic E-state index is -0.641. The van der Waals surface area contributed by atoms with Crippen LogP contribution >= 0.6 is 0 Å². The molecule has 0 bridgehead atoms.